The normalized spacial score (nSPS) is 11.8. The average Bonchev–Trinajstić information content (AvgIpc) is 3.05. The van der Waals surface area contributed by atoms with Crippen LogP contribution in [0.2, 0.25) is 0 Å². The average molecular weight is 323 g/mol. The monoisotopic (exact) mass is 323 g/mol. The highest BCUT2D eigenvalue weighted by atomic mass is 16.5. The number of nitrogens with one attached hydrogen (secondary N) is 2. The minimum Gasteiger partial charge on any atom is -0.479 e. The number of nitrogens with zero attached hydrogens (tertiary/aromatic N) is 3. The standard InChI is InChI=1S/C17H17N5O2/c1-11-5-7-13(8-6-11)15-19-17(22-21-15)20-16(23)12(2)24-14-4-3-9-18-10-14/h3-10,12H,1-2H3,(H2,19,20,21,22,23)/t12-/m1/s1. The second kappa shape index (κ2) is 6.91. The van der Waals surface area contributed by atoms with Crippen LogP contribution in [0.5, 0.6) is 5.75 Å². The van der Waals surface area contributed by atoms with E-state index in [9.17, 15) is 4.79 Å². The highest BCUT2D eigenvalue weighted by Gasteiger charge is 2.17. The molecule has 2 heterocycles. The third-order valence-corrected chi connectivity index (χ3v) is 3.36. The SMILES string of the molecule is Cc1ccc(-c2nc(NC(=O)[C@@H](C)Oc3cccnc3)n[nH]2)cc1. The van der Waals surface area contributed by atoms with Gasteiger partial charge in [0.2, 0.25) is 5.95 Å². The van der Waals surface area contributed by atoms with Crippen molar-refractivity contribution in [3.63, 3.8) is 0 Å². The van der Waals surface area contributed by atoms with Crippen molar-refractivity contribution in [3.8, 4) is 17.1 Å². The van der Waals surface area contributed by atoms with Crippen molar-refractivity contribution in [2.45, 2.75) is 20.0 Å². The van der Waals surface area contributed by atoms with E-state index in [1.54, 1.807) is 31.5 Å². The topological polar surface area (TPSA) is 92.8 Å². The van der Waals surface area contributed by atoms with Gasteiger partial charge in [0.05, 0.1) is 6.20 Å². The van der Waals surface area contributed by atoms with Gasteiger partial charge in [-0.15, -0.1) is 5.10 Å². The van der Waals surface area contributed by atoms with Gasteiger partial charge in [0.1, 0.15) is 5.75 Å². The Hall–Kier alpha value is -3.22. The largest absolute Gasteiger partial charge is 0.479 e. The number of aryl methyl sites for hydroxylation is 1. The smallest absolute Gasteiger partial charge is 0.267 e. The van der Waals surface area contributed by atoms with Crippen molar-refractivity contribution >= 4 is 11.9 Å². The number of carbonyl (C=O) groups is 1. The molecule has 2 aromatic heterocycles. The maximum absolute atomic E-state index is 12.2. The molecule has 24 heavy (non-hydrogen) atoms. The zero-order valence-corrected chi connectivity index (χ0v) is 13.4. The van der Waals surface area contributed by atoms with Crippen LogP contribution in [0.15, 0.2) is 48.8 Å². The second-order valence-corrected chi connectivity index (χ2v) is 5.31. The number of aromatic amines is 1. The first-order chi connectivity index (χ1) is 11.6. The van der Waals surface area contributed by atoms with Crippen molar-refractivity contribution in [1.82, 2.24) is 20.2 Å². The molecule has 1 amide bonds. The van der Waals surface area contributed by atoms with Crippen molar-refractivity contribution in [2.24, 2.45) is 0 Å². The number of hydrogen-bond donors (Lipinski definition) is 2. The summed E-state index contributed by atoms with van der Waals surface area (Å²) in [5.74, 6) is 0.979. The lowest BCUT2D eigenvalue weighted by atomic mass is 10.1. The summed E-state index contributed by atoms with van der Waals surface area (Å²) in [6.45, 7) is 3.66. The fourth-order valence-corrected chi connectivity index (χ4v) is 2.04. The van der Waals surface area contributed by atoms with Crippen LogP contribution in [-0.4, -0.2) is 32.2 Å². The summed E-state index contributed by atoms with van der Waals surface area (Å²) >= 11 is 0. The van der Waals surface area contributed by atoms with E-state index in [0.29, 0.717) is 11.6 Å². The second-order valence-electron chi connectivity index (χ2n) is 5.31. The molecule has 0 aliphatic heterocycles. The lowest BCUT2D eigenvalue weighted by Crippen LogP contribution is -2.30. The molecule has 122 valence electrons. The van der Waals surface area contributed by atoms with Crippen LogP contribution in [-0.2, 0) is 4.79 Å². The van der Waals surface area contributed by atoms with E-state index in [1.165, 1.54) is 0 Å². The molecule has 0 aliphatic rings. The third kappa shape index (κ3) is 3.75. The number of aromatic nitrogens is 4. The summed E-state index contributed by atoms with van der Waals surface area (Å²) in [5.41, 5.74) is 2.06. The highest BCUT2D eigenvalue weighted by Crippen LogP contribution is 2.17. The molecule has 1 atom stereocenters. The first kappa shape index (κ1) is 15.7. The molecule has 1 aromatic carbocycles. The number of pyridine rings is 1. The summed E-state index contributed by atoms with van der Waals surface area (Å²) in [6.07, 6.45) is 2.49. The number of H-pyrrole nitrogens is 1. The van der Waals surface area contributed by atoms with E-state index in [-0.39, 0.29) is 11.9 Å². The molecule has 7 heteroatoms. The lowest BCUT2D eigenvalue weighted by Gasteiger charge is -2.12. The van der Waals surface area contributed by atoms with Crippen LogP contribution < -0.4 is 10.1 Å². The van der Waals surface area contributed by atoms with Crippen LogP contribution in [0.25, 0.3) is 11.4 Å². The van der Waals surface area contributed by atoms with Crippen molar-refractivity contribution in [3.05, 3.63) is 54.4 Å². The third-order valence-electron chi connectivity index (χ3n) is 3.36. The molecule has 3 aromatic rings. The zero-order chi connectivity index (χ0) is 16.9. The molecule has 3 rings (SSSR count). The maximum atomic E-state index is 12.2. The molecule has 7 nitrogen and oxygen atoms in total. The predicted octanol–water partition coefficient (Wildman–Crippen LogP) is 2.58. The molecule has 0 aliphatic carbocycles. The van der Waals surface area contributed by atoms with Crippen molar-refractivity contribution in [1.29, 1.82) is 0 Å². The number of hydrogen-bond acceptors (Lipinski definition) is 5. The van der Waals surface area contributed by atoms with E-state index in [4.69, 9.17) is 4.74 Å². The van der Waals surface area contributed by atoms with Crippen molar-refractivity contribution in [2.75, 3.05) is 5.32 Å². The lowest BCUT2D eigenvalue weighted by molar-refractivity contribution is -0.122. The van der Waals surface area contributed by atoms with Crippen LogP contribution >= 0.6 is 0 Å². The Bertz CT molecular complexity index is 815. The van der Waals surface area contributed by atoms with E-state index in [2.05, 4.69) is 25.5 Å². The fraction of sp³-hybridized carbons (Fsp3) is 0.176. The molecule has 2 N–H and O–H groups in total. The number of benzene rings is 1. The minimum atomic E-state index is -0.699. The Balaban J connectivity index is 1.63. The van der Waals surface area contributed by atoms with Crippen LogP contribution in [0.3, 0.4) is 0 Å². The van der Waals surface area contributed by atoms with Gasteiger partial charge in [-0.25, -0.2) is 0 Å². The number of ether oxygens (including phenoxy) is 1. The van der Waals surface area contributed by atoms with E-state index in [0.717, 1.165) is 11.1 Å². The van der Waals surface area contributed by atoms with Gasteiger partial charge in [-0.2, -0.15) is 4.98 Å². The van der Waals surface area contributed by atoms with Crippen molar-refractivity contribution < 1.29 is 9.53 Å². The van der Waals surface area contributed by atoms with Gasteiger partial charge in [-0.3, -0.25) is 20.2 Å². The van der Waals surface area contributed by atoms with Gasteiger partial charge in [0.25, 0.3) is 5.91 Å². The predicted molar refractivity (Wildman–Crippen MR) is 89.5 cm³/mol. The van der Waals surface area contributed by atoms with Crippen LogP contribution in [0.1, 0.15) is 12.5 Å². The number of anilines is 1. The molecular formula is C17H17N5O2. The van der Waals surface area contributed by atoms with Gasteiger partial charge >= 0.3 is 0 Å². The molecule has 0 spiro atoms. The van der Waals surface area contributed by atoms with Gasteiger partial charge in [0.15, 0.2) is 11.9 Å². The number of rotatable bonds is 5. The summed E-state index contributed by atoms with van der Waals surface area (Å²) in [4.78, 5) is 20.4. The summed E-state index contributed by atoms with van der Waals surface area (Å²) < 4.78 is 5.51. The van der Waals surface area contributed by atoms with E-state index in [1.807, 2.05) is 31.2 Å². The Morgan fingerprint density at radius 3 is 2.75 bits per heavy atom. The van der Waals surface area contributed by atoms with E-state index >= 15 is 0 Å². The molecule has 0 radical (unpaired) electrons. The molecule has 0 saturated heterocycles. The summed E-state index contributed by atoms with van der Waals surface area (Å²) in [5, 5.41) is 9.44. The molecule has 0 saturated carbocycles. The summed E-state index contributed by atoms with van der Waals surface area (Å²) in [6, 6.07) is 11.3. The van der Waals surface area contributed by atoms with Gasteiger partial charge in [-0.05, 0) is 26.0 Å². The quantitative estimate of drug-likeness (QED) is 0.753. The van der Waals surface area contributed by atoms with Crippen LogP contribution in [0, 0.1) is 6.92 Å². The Morgan fingerprint density at radius 1 is 1.25 bits per heavy atom. The number of carbonyl (C=O) groups excluding carboxylic acids is 1. The molecule has 0 bridgehead atoms. The molecule has 0 unspecified atom stereocenters. The zero-order valence-electron chi connectivity index (χ0n) is 13.4. The Morgan fingerprint density at radius 2 is 2.04 bits per heavy atom. The minimum absolute atomic E-state index is 0.206. The Labute approximate surface area is 139 Å². The van der Waals surface area contributed by atoms with Gasteiger partial charge in [-0.1, -0.05) is 29.8 Å². The first-order valence-corrected chi connectivity index (χ1v) is 7.49. The van der Waals surface area contributed by atoms with E-state index < -0.39 is 6.10 Å². The molecule has 0 fully saturated rings. The van der Waals surface area contributed by atoms with Gasteiger partial charge < -0.3 is 4.74 Å². The number of amides is 1. The highest BCUT2D eigenvalue weighted by molar-refractivity contribution is 5.92. The maximum Gasteiger partial charge on any atom is 0.267 e. The first-order valence-electron chi connectivity index (χ1n) is 7.49. The fourth-order valence-electron chi connectivity index (χ4n) is 2.04. The molecular weight excluding hydrogens is 306 g/mol. The van der Waals surface area contributed by atoms with Crippen LogP contribution in [0.4, 0.5) is 5.95 Å². The summed E-state index contributed by atoms with van der Waals surface area (Å²) in [7, 11) is 0. The Kier molecular flexibility index (Phi) is 4.51. The van der Waals surface area contributed by atoms with Gasteiger partial charge in [0, 0.05) is 11.8 Å².